The molecule has 2 aromatic rings. The van der Waals surface area contributed by atoms with Crippen LogP contribution in [0.15, 0.2) is 18.2 Å². The van der Waals surface area contributed by atoms with Crippen LogP contribution in [0.1, 0.15) is 19.3 Å². The van der Waals surface area contributed by atoms with E-state index in [1.165, 1.54) is 11.3 Å². The van der Waals surface area contributed by atoms with E-state index in [1.54, 1.807) is 6.07 Å². The summed E-state index contributed by atoms with van der Waals surface area (Å²) in [6.45, 7) is 0. The second kappa shape index (κ2) is 4.27. The molecular formula is C12H11ClN2OS. The molecule has 3 rings (SSSR count). The molecule has 0 aliphatic heterocycles. The molecule has 1 saturated carbocycles. The van der Waals surface area contributed by atoms with E-state index in [2.05, 4.69) is 10.3 Å². The van der Waals surface area contributed by atoms with Gasteiger partial charge >= 0.3 is 0 Å². The number of hydrogen-bond donors (Lipinski definition) is 1. The molecule has 0 bridgehead atoms. The Morgan fingerprint density at radius 3 is 2.94 bits per heavy atom. The third kappa shape index (κ3) is 2.03. The second-order valence-corrected chi connectivity index (χ2v) is 5.66. The Balaban J connectivity index is 1.85. The summed E-state index contributed by atoms with van der Waals surface area (Å²) in [5, 5.41) is 4.14. The zero-order chi connectivity index (χ0) is 11.8. The van der Waals surface area contributed by atoms with E-state index in [0.717, 1.165) is 29.5 Å². The lowest BCUT2D eigenvalue weighted by atomic mass is 9.85. The average molecular weight is 267 g/mol. The third-order valence-electron chi connectivity index (χ3n) is 3.08. The molecule has 0 spiro atoms. The molecular weight excluding hydrogens is 256 g/mol. The quantitative estimate of drug-likeness (QED) is 0.901. The predicted octanol–water partition coefficient (Wildman–Crippen LogP) is 3.69. The molecule has 0 atom stereocenters. The highest BCUT2D eigenvalue weighted by molar-refractivity contribution is 7.22. The van der Waals surface area contributed by atoms with Crippen molar-refractivity contribution in [3.05, 3.63) is 23.2 Å². The van der Waals surface area contributed by atoms with Crippen LogP contribution in [0.2, 0.25) is 5.02 Å². The maximum Gasteiger partial charge on any atom is 0.229 e. The Bertz CT molecular complexity index is 577. The van der Waals surface area contributed by atoms with Crippen molar-refractivity contribution in [1.82, 2.24) is 4.98 Å². The maximum atomic E-state index is 11.8. The van der Waals surface area contributed by atoms with Gasteiger partial charge in [0.15, 0.2) is 5.13 Å². The summed E-state index contributed by atoms with van der Waals surface area (Å²) in [4.78, 5) is 16.1. The first kappa shape index (κ1) is 11.0. The SMILES string of the molecule is O=C(Nc1nc2c(Cl)cccc2s1)C1CCC1. The zero-order valence-corrected chi connectivity index (χ0v) is 10.6. The van der Waals surface area contributed by atoms with Gasteiger partial charge in [-0.3, -0.25) is 4.79 Å². The minimum atomic E-state index is 0.0893. The number of nitrogens with zero attached hydrogens (tertiary/aromatic N) is 1. The number of nitrogens with one attached hydrogen (secondary N) is 1. The van der Waals surface area contributed by atoms with Crippen molar-refractivity contribution < 1.29 is 4.79 Å². The summed E-state index contributed by atoms with van der Waals surface area (Å²) in [5.74, 6) is 0.268. The van der Waals surface area contributed by atoms with Crippen LogP contribution in [-0.4, -0.2) is 10.9 Å². The average Bonchev–Trinajstić information content (AvgIpc) is 2.58. The van der Waals surface area contributed by atoms with Gasteiger partial charge in [0.25, 0.3) is 0 Å². The molecule has 0 saturated heterocycles. The minimum Gasteiger partial charge on any atom is -0.302 e. The van der Waals surface area contributed by atoms with Crippen molar-refractivity contribution in [1.29, 1.82) is 0 Å². The van der Waals surface area contributed by atoms with Gasteiger partial charge in [0.05, 0.1) is 9.72 Å². The summed E-state index contributed by atoms with van der Waals surface area (Å²) in [7, 11) is 0. The largest absolute Gasteiger partial charge is 0.302 e. The lowest BCUT2D eigenvalue weighted by molar-refractivity contribution is -0.122. The molecule has 1 fully saturated rings. The van der Waals surface area contributed by atoms with E-state index in [-0.39, 0.29) is 11.8 Å². The summed E-state index contributed by atoms with van der Waals surface area (Å²) in [5.41, 5.74) is 0.767. The summed E-state index contributed by atoms with van der Waals surface area (Å²) in [6, 6.07) is 5.65. The van der Waals surface area contributed by atoms with Gasteiger partial charge in [-0.2, -0.15) is 0 Å². The van der Waals surface area contributed by atoms with Gasteiger partial charge in [-0.1, -0.05) is 35.4 Å². The topological polar surface area (TPSA) is 42.0 Å². The molecule has 1 heterocycles. The molecule has 0 unspecified atom stereocenters. The Hall–Kier alpha value is -1.13. The summed E-state index contributed by atoms with van der Waals surface area (Å²) >= 11 is 7.50. The molecule has 88 valence electrons. The van der Waals surface area contributed by atoms with E-state index >= 15 is 0 Å². The smallest absolute Gasteiger partial charge is 0.229 e. The van der Waals surface area contributed by atoms with Crippen LogP contribution in [0.25, 0.3) is 10.2 Å². The van der Waals surface area contributed by atoms with Crippen LogP contribution in [-0.2, 0) is 4.79 Å². The monoisotopic (exact) mass is 266 g/mol. The summed E-state index contributed by atoms with van der Waals surface area (Å²) < 4.78 is 1.00. The number of amides is 1. The summed E-state index contributed by atoms with van der Waals surface area (Å²) in [6.07, 6.45) is 3.15. The Morgan fingerprint density at radius 2 is 2.29 bits per heavy atom. The molecule has 3 nitrogen and oxygen atoms in total. The second-order valence-electron chi connectivity index (χ2n) is 4.22. The molecule has 1 aliphatic rings. The first-order valence-corrected chi connectivity index (χ1v) is 6.79. The molecule has 1 N–H and O–H groups in total. The first-order valence-electron chi connectivity index (χ1n) is 5.60. The van der Waals surface area contributed by atoms with E-state index < -0.39 is 0 Å². The number of aromatic nitrogens is 1. The number of halogens is 1. The fraction of sp³-hybridized carbons (Fsp3) is 0.333. The number of carbonyl (C=O) groups excluding carboxylic acids is 1. The minimum absolute atomic E-state index is 0.0893. The van der Waals surface area contributed by atoms with Gasteiger partial charge in [-0.25, -0.2) is 4.98 Å². The van der Waals surface area contributed by atoms with Crippen molar-refractivity contribution in [3.8, 4) is 0 Å². The fourth-order valence-electron chi connectivity index (χ4n) is 1.85. The lowest BCUT2D eigenvalue weighted by Gasteiger charge is -2.23. The van der Waals surface area contributed by atoms with E-state index in [1.807, 2.05) is 12.1 Å². The Morgan fingerprint density at radius 1 is 1.47 bits per heavy atom. The Kier molecular flexibility index (Phi) is 2.76. The van der Waals surface area contributed by atoms with Crippen LogP contribution in [0.5, 0.6) is 0 Å². The highest BCUT2D eigenvalue weighted by Gasteiger charge is 2.25. The molecule has 1 aliphatic carbocycles. The van der Waals surface area contributed by atoms with Crippen LogP contribution in [0.4, 0.5) is 5.13 Å². The van der Waals surface area contributed by atoms with Crippen molar-refractivity contribution in [2.75, 3.05) is 5.32 Å². The van der Waals surface area contributed by atoms with Gasteiger partial charge in [-0.05, 0) is 25.0 Å². The number of thiazole rings is 1. The van der Waals surface area contributed by atoms with Crippen molar-refractivity contribution in [2.45, 2.75) is 19.3 Å². The number of rotatable bonds is 2. The van der Waals surface area contributed by atoms with Crippen LogP contribution in [0, 0.1) is 5.92 Å². The lowest BCUT2D eigenvalue weighted by Crippen LogP contribution is -2.27. The first-order chi connectivity index (χ1) is 8.24. The van der Waals surface area contributed by atoms with E-state index in [0.29, 0.717) is 10.2 Å². The van der Waals surface area contributed by atoms with Gasteiger partial charge < -0.3 is 5.32 Å². The van der Waals surface area contributed by atoms with Crippen molar-refractivity contribution in [2.24, 2.45) is 5.92 Å². The standard InChI is InChI=1S/C12H11ClN2OS/c13-8-5-2-6-9-10(8)14-12(17-9)15-11(16)7-3-1-4-7/h2,5-7H,1,3-4H2,(H,14,15,16). The van der Waals surface area contributed by atoms with Crippen LogP contribution >= 0.6 is 22.9 Å². The molecule has 1 aromatic heterocycles. The molecule has 1 amide bonds. The van der Waals surface area contributed by atoms with Crippen molar-refractivity contribution in [3.63, 3.8) is 0 Å². The number of para-hydroxylation sites is 1. The molecule has 1 aromatic carbocycles. The zero-order valence-electron chi connectivity index (χ0n) is 9.07. The number of benzene rings is 1. The number of anilines is 1. The third-order valence-corrected chi connectivity index (χ3v) is 4.32. The van der Waals surface area contributed by atoms with Gasteiger partial charge in [-0.15, -0.1) is 0 Å². The normalized spacial score (nSPS) is 15.8. The fourth-order valence-corrected chi connectivity index (χ4v) is 3.01. The van der Waals surface area contributed by atoms with E-state index in [4.69, 9.17) is 11.6 Å². The van der Waals surface area contributed by atoms with Gasteiger partial charge in [0.1, 0.15) is 5.52 Å². The number of fused-ring (bicyclic) bond motifs is 1. The van der Waals surface area contributed by atoms with Gasteiger partial charge in [0, 0.05) is 5.92 Å². The Labute approximate surface area is 108 Å². The molecule has 0 radical (unpaired) electrons. The van der Waals surface area contributed by atoms with Crippen molar-refractivity contribution >= 4 is 44.2 Å². The number of hydrogen-bond acceptors (Lipinski definition) is 3. The molecule has 17 heavy (non-hydrogen) atoms. The highest BCUT2D eigenvalue weighted by atomic mass is 35.5. The van der Waals surface area contributed by atoms with Gasteiger partial charge in [0.2, 0.25) is 5.91 Å². The predicted molar refractivity (Wildman–Crippen MR) is 70.6 cm³/mol. The highest BCUT2D eigenvalue weighted by Crippen LogP contribution is 2.32. The van der Waals surface area contributed by atoms with Crippen LogP contribution < -0.4 is 5.32 Å². The number of carbonyl (C=O) groups is 1. The maximum absolute atomic E-state index is 11.8. The van der Waals surface area contributed by atoms with E-state index in [9.17, 15) is 4.79 Å². The van der Waals surface area contributed by atoms with Crippen LogP contribution in [0.3, 0.4) is 0 Å². The molecule has 5 heteroatoms.